The molecule has 13 heavy (non-hydrogen) atoms. The lowest BCUT2D eigenvalue weighted by Gasteiger charge is -2.11. The third-order valence-corrected chi connectivity index (χ3v) is 2.30. The van der Waals surface area contributed by atoms with Gasteiger partial charge in [0.25, 0.3) is 0 Å². The normalized spacial score (nSPS) is 12.0. The molecule has 0 rings (SSSR count). The van der Waals surface area contributed by atoms with E-state index >= 15 is 0 Å². The largest absolute Gasteiger partial charge is 0.0955 e. The van der Waals surface area contributed by atoms with E-state index in [9.17, 15) is 0 Å². The molecule has 0 amide bonds. The van der Waals surface area contributed by atoms with Crippen LogP contribution in [0.4, 0.5) is 0 Å². The molecule has 0 aliphatic rings. The Bertz CT molecular complexity index is 180. The van der Waals surface area contributed by atoms with Gasteiger partial charge in [-0.3, -0.25) is 0 Å². The summed E-state index contributed by atoms with van der Waals surface area (Å²) in [6.45, 7) is 10.6. The highest BCUT2D eigenvalue weighted by atomic mass is 14.1. The average Bonchev–Trinajstić information content (AvgIpc) is 2.14. The van der Waals surface area contributed by atoms with Crippen LogP contribution in [0.2, 0.25) is 0 Å². The lowest BCUT2D eigenvalue weighted by Crippen LogP contribution is -1.97. The van der Waals surface area contributed by atoms with Crippen LogP contribution in [0.15, 0.2) is 36.5 Å². The predicted octanol–water partition coefficient (Wildman–Crippen LogP) is 4.50. The summed E-state index contributed by atoms with van der Waals surface area (Å²) in [6.07, 6.45) is 11.9. The van der Waals surface area contributed by atoms with Gasteiger partial charge in [-0.05, 0) is 25.2 Å². The molecule has 74 valence electrons. The van der Waals surface area contributed by atoms with Crippen LogP contribution in [-0.4, -0.2) is 0 Å². The van der Waals surface area contributed by atoms with Gasteiger partial charge in [0.05, 0.1) is 0 Å². The van der Waals surface area contributed by atoms with Crippen LogP contribution in [0.1, 0.15) is 40.0 Å². The highest BCUT2D eigenvalue weighted by molar-refractivity contribution is 5.21. The fourth-order valence-electron chi connectivity index (χ4n) is 1.34. The highest BCUT2D eigenvalue weighted by Gasteiger charge is 2.03. The standard InChI is InChI=1S/C13H22/c1-5-8-9-10-11-12(4)13(6-2)7-3/h8-11,13H,4-7H2,1-3H3/b9-8-,11-10-. The summed E-state index contributed by atoms with van der Waals surface area (Å²) in [5.74, 6) is 0.659. The van der Waals surface area contributed by atoms with Crippen molar-refractivity contribution < 1.29 is 0 Å². The summed E-state index contributed by atoms with van der Waals surface area (Å²) in [5.41, 5.74) is 1.26. The molecule has 0 heteroatoms. The lowest BCUT2D eigenvalue weighted by molar-refractivity contribution is 0.585. The van der Waals surface area contributed by atoms with E-state index in [0.717, 1.165) is 6.42 Å². The van der Waals surface area contributed by atoms with Crippen molar-refractivity contribution in [3.63, 3.8) is 0 Å². The van der Waals surface area contributed by atoms with Crippen molar-refractivity contribution in [1.82, 2.24) is 0 Å². The van der Waals surface area contributed by atoms with E-state index in [2.05, 4.69) is 51.7 Å². The Morgan fingerprint density at radius 3 is 2.23 bits per heavy atom. The minimum absolute atomic E-state index is 0.659. The quantitative estimate of drug-likeness (QED) is 0.525. The summed E-state index contributed by atoms with van der Waals surface area (Å²) in [4.78, 5) is 0. The molecule has 0 atom stereocenters. The van der Waals surface area contributed by atoms with Gasteiger partial charge in [0, 0.05) is 0 Å². The maximum atomic E-state index is 4.07. The maximum Gasteiger partial charge on any atom is -0.0173 e. The van der Waals surface area contributed by atoms with Crippen LogP contribution in [0.25, 0.3) is 0 Å². The monoisotopic (exact) mass is 178 g/mol. The molecule has 0 saturated carbocycles. The van der Waals surface area contributed by atoms with E-state index in [1.807, 2.05) is 0 Å². The van der Waals surface area contributed by atoms with Gasteiger partial charge >= 0.3 is 0 Å². The Hall–Kier alpha value is -0.780. The molecule has 0 nitrogen and oxygen atoms in total. The zero-order valence-corrected chi connectivity index (χ0v) is 9.22. The summed E-state index contributed by atoms with van der Waals surface area (Å²) in [6, 6.07) is 0. The Labute approximate surface area is 83.0 Å². The van der Waals surface area contributed by atoms with Crippen LogP contribution < -0.4 is 0 Å². The van der Waals surface area contributed by atoms with Gasteiger partial charge in [-0.15, -0.1) is 0 Å². The predicted molar refractivity (Wildman–Crippen MR) is 61.8 cm³/mol. The van der Waals surface area contributed by atoms with Gasteiger partial charge in [0.1, 0.15) is 0 Å². The van der Waals surface area contributed by atoms with E-state index in [4.69, 9.17) is 0 Å². The molecule has 0 bridgehead atoms. The lowest BCUT2D eigenvalue weighted by atomic mass is 9.95. The fraction of sp³-hybridized carbons (Fsp3) is 0.538. The van der Waals surface area contributed by atoms with Crippen molar-refractivity contribution in [3.8, 4) is 0 Å². The molecular weight excluding hydrogens is 156 g/mol. The SMILES string of the molecule is C=C(/C=C\C=C/CC)C(CC)CC. The highest BCUT2D eigenvalue weighted by Crippen LogP contribution is 2.17. The maximum absolute atomic E-state index is 4.07. The van der Waals surface area contributed by atoms with E-state index < -0.39 is 0 Å². The summed E-state index contributed by atoms with van der Waals surface area (Å²) >= 11 is 0. The van der Waals surface area contributed by atoms with Gasteiger partial charge in [0.2, 0.25) is 0 Å². The second-order valence-corrected chi connectivity index (χ2v) is 3.28. The molecule has 0 aromatic rings. The van der Waals surface area contributed by atoms with Crippen molar-refractivity contribution in [2.75, 3.05) is 0 Å². The van der Waals surface area contributed by atoms with Crippen molar-refractivity contribution in [2.24, 2.45) is 5.92 Å². The Morgan fingerprint density at radius 1 is 1.15 bits per heavy atom. The Balaban J connectivity index is 3.97. The summed E-state index contributed by atoms with van der Waals surface area (Å²) in [7, 11) is 0. The van der Waals surface area contributed by atoms with Crippen molar-refractivity contribution >= 4 is 0 Å². The molecular formula is C13H22. The van der Waals surface area contributed by atoms with Crippen LogP contribution in [0, 0.1) is 5.92 Å². The molecule has 0 radical (unpaired) electrons. The first-order valence-electron chi connectivity index (χ1n) is 5.28. The number of rotatable bonds is 6. The first-order valence-corrected chi connectivity index (χ1v) is 5.28. The molecule has 0 aromatic heterocycles. The molecule has 0 heterocycles. The summed E-state index contributed by atoms with van der Waals surface area (Å²) < 4.78 is 0. The third-order valence-electron chi connectivity index (χ3n) is 2.30. The number of hydrogen-bond donors (Lipinski definition) is 0. The minimum Gasteiger partial charge on any atom is -0.0955 e. The minimum atomic E-state index is 0.659. The van der Waals surface area contributed by atoms with Gasteiger partial charge < -0.3 is 0 Å². The van der Waals surface area contributed by atoms with E-state index in [0.29, 0.717) is 5.92 Å². The fourth-order valence-corrected chi connectivity index (χ4v) is 1.34. The molecule has 0 spiro atoms. The molecule has 0 fully saturated rings. The summed E-state index contributed by atoms with van der Waals surface area (Å²) in [5, 5.41) is 0. The first kappa shape index (κ1) is 12.2. The van der Waals surface area contributed by atoms with Gasteiger partial charge in [0.15, 0.2) is 0 Å². The smallest absolute Gasteiger partial charge is 0.0173 e. The van der Waals surface area contributed by atoms with Gasteiger partial charge in [-0.2, -0.15) is 0 Å². The molecule has 0 aliphatic carbocycles. The van der Waals surface area contributed by atoms with Crippen molar-refractivity contribution in [2.45, 2.75) is 40.0 Å². The van der Waals surface area contributed by atoms with Crippen LogP contribution in [-0.2, 0) is 0 Å². The van der Waals surface area contributed by atoms with Crippen molar-refractivity contribution in [1.29, 1.82) is 0 Å². The van der Waals surface area contributed by atoms with E-state index in [1.165, 1.54) is 18.4 Å². The molecule has 0 aromatic carbocycles. The average molecular weight is 178 g/mol. The Kier molecular flexibility index (Phi) is 7.38. The second-order valence-electron chi connectivity index (χ2n) is 3.28. The van der Waals surface area contributed by atoms with Crippen LogP contribution >= 0.6 is 0 Å². The molecule has 0 unspecified atom stereocenters. The molecule has 0 aliphatic heterocycles. The number of allylic oxidation sites excluding steroid dienone is 5. The topological polar surface area (TPSA) is 0 Å². The first-order chi connectivity index (χ1) is 6.26. The number of hydrogen-bond acceptors (Lipinski definition) is 0. The molecule has 0 saturated heterocycles. The van der Waals surface area contributed by atoms with E-state index in [1.54, 1.807) is 0 Å². The zero-order valence-electron chi connectivity index (χ0n) is 9.22. The zero-order chi connectivity index (χ0) is 10.1. The molecule has 0 N–H and O–H groups in total. The van der Waals surface area contributed by atoms with Crippen LogP contribution in [0.5, 0.6) is 0 Å². The van der Waals surface area contributed by atoms with Crippen LogP contribution in [0.3, 0.4) is 0 Å². The van der Waals surface area contributed by atoms with Gasteiger partial charge in [-0.25, -0.2) is 0 Å². The van der Waals surface area contributed by atoms with Gasteiger partial charge in [-0.1, -0.05) is 57.2 Å². The van der Waals surface area contributed by atoms with E-state index in [-0.39, 0.29) is 0 Å². The Morgan fingerprint density at radius 2 is 1.77 bits per heavy atom. The van der Waals surface area contributed by atoms with Crippen molar-refractivity contribution in [3.05, 3.63) is 36.5 Å². The second kappa shape index (κ2) is 7.85. The third kappa shape index (κ3) is 5.46.